The van der Waals surface area contributed by atoms with Gasteiger partial charge in [-0.1, -0.05) is 53.4 Å². The number of hydrogen-bond donors (Lipinski definition) is 2. The molecule has 1 amide bonds. The highest BCUT2D eigenvalue weighted by Crippen LogP contribution is 2.21. The van der Waals surface area contributed by atoms with Crippen molar-refractivity contribution in [2.75, 3.05) is 38.5 Å². The van der Waals surface area contributed by atoms with Gasteiger partial charge in [-0.2, -0.15) is 0 Å². The van der Waals surface area contributed by atoms with Crippen molar-refractivity contribution in [3.8, 4) is 0 Å². The van der Waals surface area contributed by atoms with E-state index in [1.54, 1.807) is 6.07 Å². The summed E-state index contributed by atoms with van der Waals surface area (Å²) in [6.07, 6.45) is 11.1. The van der Waals surface area contributed by atoms with Crippen molar-refractivity contribution < 1.29 is 22.2 Å². The summed E-state index contributed by atoms with van der Waals surface area (Å²) in [4.78, 5) is 14.5. The number of unbranched alkanes of at least 4 members (excludes halogenated alkanes) is 4. The van der Waals surface area contributed by atoms with Gasteiger partial charge in [0.25, 0.3) is 5.91 Å². The fraction of sp³-hybridized carbons (Fsp3) is 0.720. The lowest BCUT2D eigenvalue weighted by atomic mass is 10.1. The molecule has 2 heterocycles. The van der Waals surface area contributed by atoms with Crippen molar-refractivity contribution in [3.63, 3.8) is 0 Å². The van der Waals surface area contributed by atoms with Gasteiger partial charge < -0.3 is 19.3 Å². The van der Waals surface area contributed by atoms with E-state index in [1.165, 1.54) is 93.4 Å². The highest BCUT2D eigenvalue weighted by molar-refractivity contribution is 7.85. The molecule has 2 aromatic rings. The van der Waals surface area contributed by atoms with Crippen molar-refractivity contribution in [2.24, 2.45) is 0 Å². The standard InChI is InChI=1S/C16H36N.C9H10N2O4S2/c1-5-9-13-17(14-10-6-2,15-11-7-3)16-12-8-4;12-9(10-2-4-17(13,14)15)7-5-8-6(11-7)1-3-16-8/h5-16H2,1-4H3;1,3,5,11H,2,4H2,(H,10,12)(H,13,14,15)/q+1;/p-1. The van der Waals surface area contributed by atoms with Crippen molar-refractivity contribution in [3.05, 3.63) is 23.2 Å². The van der Waals surface area contributed by atoms with Crippen LogP contribution in [-0.4, -0.2) is 66.8 Å². The van der Waals surface area contributed by atoms with Gasteiger partial charge in [-0.15, -0.1) is 11.3 Å². The number of aromatic nitrogens is 1. The maximum Gasteiger partial charge on any atom is 0.267 e. The lowest BCUT2D eigenvalue weighted by Crippen LogP contribution is -2.50. The Morgan fingerprint density at radius 3 is 1.88 bits per heavy atom. The molecule has 0 radical (unpaired) electrons. The number of hydrogen-bond acceptors (Lipinski definition) is 5. The third kappa shape index (κ3) is 11.8. The molecular formula is C25H45N3O4S2. The number of rotatable bonds is 16. The molecule has 9 heteroatoms. The first kappa shape index (κ1) is 30.6. The first-order valence-electron chi connectivity index (χ1n) is 12.8. The van der Waals surface area contributed by atoms with Gasteiger partial charge in [-0.3, -0.25) is 4.79 Å². The smallest absolute Gasteiger partial charge is 0.267 e. The minimum atomic E-state index is -4.29. The fourth-order valence-corrected chi connectivity index (χ4v) is 5.14. The molecule has 7 nitrogen and oxygen atoms in total. The molecule has 0 spiro atoms. The monoisotopic (exact) mass is 515 g/mol. The predicted molar refractivity (Wildman–Crippen MR) is 142 cm³/mol. The van der Waals surface area contributed by atoms with Crippen LogP contribution in [0.5, 0.6) is 0 Å². The number of thiophene rings is 1. The highest BCUT2D eigenvalue weighted by Gasteiger charge is 2.24. The van der Waals surface area contributed by atoms with Crippen molar-refractivity contribution in [1.82, 2.24) is 10.3 Å². The number of aromatic amines is 1. The Labute approximate surface area is 210 Å². The average molecular weight is 516 g/mol. The van der Waals surface area contributed by atoms with E-state index in [2.05, 4.69) is 38.0 Å². The summed E-state index contributed by atoms with van der Waals surface area (Å²) < 4.78 is 33.4. The second kappa shape index (κ2) is 16.3. The zero-order chi connectivity index (χ0) is 25.5. The second-order valence-electron chi connectivity index (χ2n) is 9.05. The molecule has 0 atom stereocenters. The summed E-state index contributed by atoms with van der Waals surface area (Å²) in [6, 6.07) is 3.53. The lowest BCUT2D eigenvalue weighted by Gasteiger charge is -2.39. The van der Waals surface area contributed by atoms with E-state index in [0.717, 1.165) is 10.2 Å². The molecule has 0 bridgehead atoms. The number of nitrogens with one attached hydrogen (secondary N) is 2. The molecule has 2 aromatic heterocycles. The molecule has 0 saturated heterocycles. The number of carbonyl (C=O) groups excluding carboxylic acids is 1. The summed E-state index contributed by atoms with van der Waals surface area (Å²) in [7, 11) is -4.29. The van der Waals surface area contributed by atoms with Gasteiger partial charge in [0.2, 0.25) is 0 Å². The van der Waals surface area contributed by atoms with Crippen LogP contribution in [-0.2, 0) is 10.1 Å². The van der Waals surface area contributed by atoms with Gasteiger partial charge in [-0.05, 0) is 43.2 Å². The molecule has 2 rings (SSSR count). The summed E-state index contributed by atoms with van der Waals surface area (Å²) in [5, 5.41) is 4.26. The molecule has 2 N–H and O–H groups in total. The van der Waals surface area contributed by atoms with Gasteiger partial charge in [0, 0.05) is 6.54 Å². The molecule has 0 fully saturated rings. The number of nitrogens with zero attached hydrogens (tertiary/aromatic N) is 1. The number of amides is 1. The van der Waals surface area contributed by atoms with Crippen molar-refractivity contribution >= 4 is 37.6 Å². The summed E-state index contributed by atoms with van der Waals surface area (Å²) in [5.74, 6) is -1.02. The van der Waals surface area contributed by atoms with E-state index < -0.39 is 21.8 Å². The molecule has 0 aliphatic rings. The first-order chi connectivity index (χ1) is 16.2. The molecule has 0 aliphatic carbocycles. The molecule has 34 heavy (non-hydrogen) atoms. The third-order valence-electron chi connectivity index (χ3n) is 6.07. The van der Waals surface area contributed by atoms with Crippen LogP contribution >= 0.6 is 11.3 Å². The predicted octanol–water partition coefficient (Wildman–Crippen LogP) is 5.51. The average Bonchev–Trinajstić information content (AvgIpc) is 3.40. The molecule has 196 valence electrons. The van der Waals surface area contributed by atoms with E-state index in [1.807, 2.05) is 11.4 Å². The maximum absolute atomic E-state index is 11.6. The van der Waals surface area contributed by atoms with Crippen LogP contribution in [0.15, 0.2) is 17.5 Å². The Morgan fingerprint density at radius 1 is 0.971 bits per heavy atom. The summed E-state index contributed by atoms with van der Waals surface area (Å²) in [5.41, 5.74) is 1.21. The quantitative estimate of drug-likeness (QED) is 0.227. The lowest BCUT2D eigenvalue weighted by molar-refractivity contribution is -0.929. The third-order valence-corrected chi connectivity index (χ3v) is 7.63. The Morgan fingerprint density at radius 2 is 1.47 bits per heavy atom. The number of carbonyl (C=O) groups is 1. The van der Waals surface area contributed by atoms with E-state index in [0.29, 0.717) is 5.69 Å². The molecule has 0 saturated carbocycles. The van der Waals surface area contributed by atoms with Crippen molar-refractivity contribution in [1.29, 1.82) is 0 Å². The Hall–Kier alpha value is -1.42. The minimum Gasteiger partial charge on any atom is -0.748 e. The van der Waals surface area contributed by atoms with Crippen LogP contribution in [0, 0.1) is 0 Å². The van der Waals surface area contributed by atoms with Gasteiger partial charge in [0.1, 0.15) is 5.69 Å². The van der Waals surface area contributed by atoms with Gasteiger partial charge >= 0.3 is 0 Å². The Bertz CT molecular complexity index is 856. The van der Waals surface area contributed by atoms with E-state index >= 15 is 0 Å². The highest BCUT2D eigenvalue weighted by atomic mass is 32.2. The van der Waals surface area contributed by atoms with Crippen LogP contribution in [0.25, 0.3) is 10.2 Å². The molecule has 0 unspecified atom stereocenters. The topological polar surface area (TPSA) is 102 Å². The SMILES string of the molecule is CCCC[N+](CCCC)(CCCC)CCCC.O=C(NCCS(=O)(=O)[O-])c1cc2sccc2[nH]1. The van der Waals surface area contributed by atoms with Gasteiger partial charge in [0.15, 0.2) is 0 Å². The Kier molecular flexibility index (Phi) is 14.7. The summed E-state index contributed by atoms with van der Waals surface area (Å²) in [6.45, 7) is 14.8. The van der Waals surface area contributed by atoms with E-state index in [4.69, 9.17) is 0 Å². The van der Waals surface area contributed by atoms with Crippen LogP contribution in [0.2, 0.25) is 0 Å². The van der Waals surface area contributed by atoms with Gasteiger partial charge in [-0.25, -0.2) is 8.42 Å². The summed E-state index contributed by atoms with van der Waals surface area (Å²) >= 11 is 1.50. The van der Waals surface area contributed by atoms with E-state index in [9.17, 15) is 17.8 Å². The molecule has 0 aromatic carbocycles. The number of H-pyrrole nitrogens is 1. The van der Waals surface area contributed by atoms with Gasteiger partial charge in [0.05, 0.1) is 52.3 Å². The largest absolute Gasteiger partial charge is 0.748 e. The zero-order valence-corrected chi connectivity index (χ0v) is 23.2. The zero-order valence-electron chi connectivity index (χ0n) is 21.5. The minimum absolute atomic E-state index is 0.183. The molecular weight excluding hydrogens is 470 g/mol. The first-order valence-corrected chi connectivity index (χ1v) is 15.3. The number of quaternary nitrogens is 1. The van der Waals surface area contributed by atoms with Crippen molar-refractivity contribution in [2.45, 2.75) is 79.1 Å². The van der Waals surface area contributed by atoms with Crippen LogP contribution < -0.4 is 5.32 Å². The van der Waals surface area contributed by atoms with Crippen LogP contribution in [0.4, 0.5) is 0 Å². The Balaban J connectivity index is 0.000000340. The normalized spacial score (nSPS) is 11.9. The maximum atomic E-state index is 11.6. The van der Waals surface area contributed by atoms with Crippen LogP contribution in [0.1, 0.15) is 89.5 Å². The van der Waals surface area contributed by atoms with E-state index in [-0.39, 0.29) is 6.54 Å². The second-order valence-corrected chi connectivity index (χ2v) is 11.5. The van der Waals surface area contributed by atoms with Crippen LogP contribution in [0.3, 0.4) is 0 Å². The number of fused-ring (bicyclic) bond motifs is 1. The molecule has 0 aliphatic heterocycles. The fourth-order valence-electron chi connectivity index (χ4n) is 4.00.